The minimum absolute atomic E-state index is 0.0972. The average Bonchev–Trinajstić information content (AvgIpc) is 3.14. The van der Waals surface area contributed by atoms with Gasteiger partial charge in [-0.2, -0.15) is 0 Å². The first-order valence-corrected chi connectivity index (χ1v) is 8.17. The molecule has 0 aromatic carbocycles. The molecule has 2 atom stereocenters. The van der Waals surface area contributed by atoms with Gasteiger partial charge in [0.25, 0.3) is 0 Å². The van der Waals surface area contributed by atoms with Gasteiger partial charge in [-0.1, -0.05) is 6.42 Å². The van der Waals surface area contributed by atoms with Crippen LogP contribution in [0.5, 0.6) is 0 Å². The highest BCUT2D eigenvalue weighted by atomic mass is 16.3. The number of H-pyrrole nitrogens is 1. The van der Waals surface area contributed by atoms with Gasteiger partial charge in [-0.3, -0.25) is 4.90 Å². The maximum Gasteiger partial charge on any atom is 0.142 e. The number of likely N-dealkylation sites (tertiary alicyclic amines) is 1. The molecule has 1 spiro atoms. The van der Waals surface area contributed by atoms with Crippen LogP contribution in [-0.2, 0) is 0 Å². The van der Waals surface area contributed by atoms with Crippen LogP contribution in [0.4, 0.5) is 5.82 Å². The Kier molecular flexibility index (Phi) is 3.31. The van der Waals surface area contributed by atoms with Crippen LogP contribution < -0.4 is 4.90 Å². The predicted molar refractivity (Wildman–Crippen MR) is 85.7 cm³/mol. The summed E-state index contributed by atoms with van der Waals surface area (Å²) in [6.45, 7) is 4.81. The van der Waals surface area contributed by atoms with Crippen molar-refractivity contribution < 1.29 is 5.11 Å². The van der Waals surface area contributed by atoms with Crippen molar-refractivity contribution in [1.29, 1.82) is 0 Å². The topological polar surface area (TPSA) is 68.3 Å². The van der Waals surface area contributed by atoms with Crippen LogP contribution in [0.3, 0.4) is 0 Å². The highest BCUT2D eigenvalue weighted by molar-refractivity contribution is 5.87. The molecule has 0 radical (unpaired) electrons. The number of aliphatic hydroxyl groups excluding tert-OH is 1. The fourth-order valence-corrected chi connectivity index (χ4v) is 4.29. The molecule has 0 saturated carbocycles. The van der Waals surface area contributed by atoms with E-state index in [0.717, 1.165) is 49.3 Å². The number of aromatic nitrogens is 3. The molecule has 0 bridgehead atoms. The number of hydrogen-bond acceptors (Lipinski definition) is 5. The van der Waals surface area contributed by atoms with Crippen LogP contribution in [-0.4, -0.2) is 56.4 Å². The predicted octanol–water partition coefficient (Wildman–Crippen LogP) is 1.73. The minimum atomic E-state index is -0.377. The number of anilines is 1. The summed E-state index contributed by atoms with van der Waals surface area (Å²) >= 11 is 0. The molecule has 2 aromatic heterocycles. The lowest BCUT2D eigenvalue weighted by molar-refractivity contribution is -0.0699. The summed E-state index contributed by atoms with van der Waals surface area (Å²) in [5.74, 6) is 1.01. The smallest absolute Gasteiger partial charge is 0.142 e. The molecule has 2 unspecified atom stereocenters. The van der Waals surface area contributed by atoms with Gasteiger partial charge >= 0.3 is 0 Å². The Balaban J connectivity index is 1.65. The first-order chi connectivity index (χ1) is 10.7. The fourth-order valence-electron chi connectivity index (χ4n) is 4.29. The number of rotatable bonds is 2. The Hall–Kier alpha value is -1.66. The van der Waals surface area contributed by atoms with Crippen molar-refractivity contribution in [3.63, 3.8) is 0 Å². The van der Waals surface area contributed by atoms with E-state index in [1.807, 2.05) is 19.2 Å². The van der Waals surface area contributed by atoms with Crippen LogP contribution in [0.2, 0.25) is 0 Å². The van der Waals surface area contributed by atoms with Gasteiger partial charge in [0.15, 0.2) is 0 Å². The maximum absolute atomic E-state index is 10.2. The molecule has 22 heavy (non-hydrogen) atoms. The molecule has 2 fully saturated rings. The molecule has 4 rings (SSSR count). The Morgan fingerprint density at radius 1 is 1.27 bits per heavy atom. The van der Waals surface area contributed by atoms with Gasteiger partial charge in [0.05, 0.1) is 5.39 Å². The second-order valence-electron chi connectivity index (χ2n) is 6.62. The van der Waals surface area contributed by atoms with E-state index >= 15 is 0 Å². The molecule has 0 amide bonds. The molecule has 2 aliphatic heterocycles. The fraction of sp³-hybridized carbons (Fsp3) is 0.625. The maximum atomic E-state index is 10.2. The van der Waals surface area contributed by atoms with E-state index in [0.29, 0.717) is 0 Å². The zero-order valence-corrected chi connectivity index (χ0v) is 13.0. The van der Waals surface area contributed by atoms with Gasteiger partial charge in [-0.25, -0.2) is 9.97 Å². The van der Waals surface area contributed by atoms with Crippen LogP contribution >= 0.6 is 0 Å². The lowest BCUT2D eigenvalue weighted by Crippen LogP contribution is -2.57. The van der Waals surface area contributed by atoms with Crippen molar-refractivity contribution in [1.82, 2.24) is 19.9 Å². The highest BCUT2D eigenvalue weighted by Gasteiger charge is 2.46. The van der Waals surface area contributed by atoms with Crippen molar-refractivity contribution in [3.8, 4) is 0 Å². The van der Waals surface area contributed by atoms with E-state index < -0.39 is 0 Å². The number of piperidine rings is 1. The van der Waals surface area contributed by atoms with E-state index in [9.17, 15) is 5.11 Å². The van der Waals surface area contributed by atoms with E-state index in [2.05, 4.69) is 24.8 Å². The first kappa shape index (κ1) is 14.0. The van der Waals surface area contributed by atoms with Gasteiger partial charge < -0.3 is 15.0 Å². The molecule has 2 N–H and O–H groups in total. The van der Waals surface area contributed by atoms with Gasteiger partial charge in [-0.05, 0) is 32.3 Å². The number of hydrogen-bond donors (Lipinski definition) is 2. The van der Waals surface area contributed by atoms with Crippen LogP contribution in [0.1, 0.15) is 32.6 Å². The molecule has 0 aliphatic carbocycles. The Bertz CT molecular complexity index is 669. The number of fused-ring (bicyclic) bond motifs is 1. The van der Waals surface area contributed by atoms with Crippen molar-refractivity contribution in [3.05, 3.63) is 18.6 Å². The zero-order chi connectivity index (χ0) is 15.2. The molecule has 6 heteroatoms. The third-order valence-corrected chi connectivity index (χ3v) is 5.32. The molecule has 2 aliphatic rings. The normalized spacial score (nSPS) is 27.8. The number of nitrogens with one attached hydrogen (secondary N) is 1. The molecule has 2 saturated heterocycles. The largest absolute Gasteiger partial charge is 0.379 e. The summed E-state index contributed by atoms with van der Waals surface area (Å²) in [6.07, 6.45) is 7.86. The second-order valence-corrected chi connectivity index (χ2v) is 6.62. The summed E-state index contributed by atoms with van der Waals surface area (Å²) in [4.78, 5) is 16.6. The van der Waals surface area contributed by atoms with Crippen LogP contribution in [0.15, 0.2) is 18.6 Å². The van der Waals surface area contributed by atoms with Gasteiger partial charge in [0.2, 0.25) is 0 Å². The summed E-state index contributed by atoms with van der Waals surface area (Å²) in [5.41, 5.74) is 0.988. The lowest BCUT2D eigenvalue weighted by atomic mass is 9.85. The van der Waals surface area contributed by atoms with Crippen LogP contribution in [0.25, 0.3) is 11.0 Å². The Morgan fingerprint density at radius 2 is 2.18 bits per heavy atom. The Morgan fingerprint density at radius 3 is 3.05 bits per heavy atom. The number of nitrogens with zero attached hydrogens (tertiary/aromatic N) is 4. The molecule has 4 heterocycles. The van der Waals surface area contributed by atoms with Gasteiger partial charge in [0, 0.05) is 31.4 Å². The highest BCUT2D eigenvalue weighted by Crippen LogP contribution is 2.39. The first-order valence-electron chi connectivity index (χ1n) is 8.17. The standard InChI is InChI=1S/C16H23N5O/c1-12(22)21-8-3-2-5-16(21)6-9-20(10-16)15-13-4-7-17-14(13)18-11-19-15/h4,7,11-12,22H,2-3,5-6,8-10H2,1H3,(H,17,18,19). The van der Waals surface area contributed by atoms with Gasteiger partial charge in [-0.15, -0.1) is 0 Å². The summed E-state index contributed by atoms with van der Waals surface area (Å²) in [7, 11) is 0. The monoisotopic (exact) mass is 301 g/mol. The summed E-state index contributed by atoms with van der Waals surface area (Å²) in [5, 5.41) is 11.3. The third-order valence-electron chi connectivity index (χ3n) is 5.32. The average molecular weight is 301 g/mol. The number of aliphatic hydroxyl groups is 1. The quantitative estimate of drug-likeness (QED) is 0.884. The van der Waals surface area contributed by atoms with Crippen molar-refractivity contribution in [2.24, 2.45) is 0 Å². The Labute approximate surface area is 130 Å². The minimum Gasteiger partial charge on any atom is -0.379 e. The molecule has 2 aromatic rings. The van der Waals surface area contributed by atoms with Crippen molar-refractivity contribution in [2.75, 3.05) is 24.5 Å². The number of aromatic amines is 1. The van der Waals surface area contributed by atoms with E-state index in [1.165, 1.54) is 12.8 Å². The van der Waals surface area contributed by atoms with E-state index in [4.69, 9.17) is 0 Å². The molecular weight excluding hydrogens is 278 g/mol. The third kappa shape index (κ3) is 2.09. The SMILES string of the molecule is CC(O)N1CCCCC12CCN(c1ncnc3[nH]ccc13)C2. The molecular formula is C16H23N5O. The lowest BCUT2D eigenvalue weighted by Gasteiger charge is -2.46. The zero-order valence-electron chi connectivity index (χ0n) is 13.0. The second kappa shape index (κ2) is 5.21. The van der Waals surface area contributed by atoms with E-state index in [-0.39, 0.29) is 11.8 Å². The molecule has 118 valence electrons. The summed E-state index contributed by atoms with van der Waals surface area (Å²) < 4.78 is 0. The van der Waals surface area contributed by atoms with Crippen molar-refractivity contribution >= 4 is 16.9 Å². The molecule has 6 nitrogen and oxygen atoms in total. The van der Waals surface area contributed by atoms with Gasteiger partial charge in [0.1, 0.15) is 24.0 Å². The van der Waals surface area contributed by atoms with Crippen molar-refractivity contribution in [2.45, 2.75) is 44.4 Å². The van der Waals surface area contributed by atoms with E-state index in [1.54, 1.807) is 6.33 Å². The van der Waals surface area contributed by atoms with Crippen LogP contribution in [0, 0.1) is 0 Å². The summed E-state index contributed by atoms with van der Waals surface area (Å²) in [6, 6.07) is 2.04.